The Morgan fingerprint density at radius 1 is 1.71 bits per heavy atom. The summed E-state index contributed by atoms with van der Waals surface area (Å²) in [5.41, 5.74) is 0.615. The molecule has 1 aromatic heterocycles. The van der Waals surface area contributed by atoms with Gasteiger partial charge in [0.2, 0.25) is 0 Å². The molecular weight excluding hydrogens is 244 g/mol. The van der Waals surface area contributed by atoms with E-state index < -0.39 is 0 Å². The van der Waals surface area contributed by atoms with Crippen molar-refractivity contribution in [3.8, 4) is 0 Å². The second kappa shape index (κ2) is 3.77. The highest BCUT2D eigenvalue weighted by molar-refractivity contribution is 9.10. The Morgan fingerprint density at radius 2 is 2.43 bits per heavy atom. The van der Waals surface area contributed by atoms with Crippen molar-refractivity contribution < 1.29 is 4.79 Å². The molecule has 0 radical (unpaired) electrons. The zero-order valence-electron chi connectivity index (χ0n) is 8.01. The quantitative estimate of drug-likeness (QED) is 0.857. The van der Waals surface area contributed by atoms with Gasteiger partial charge in [-0.1, -0.05) is 0 Å². The van der Waals surface area contributed by atoms with Crippen molar-refractivity contribution in [1.29, 1.82) is 0 Å². The van der Waals surface area contributed by atoms with Gasteiger partial charge in [-0.15, -0.1) is 0 Å². The van der Waals surface area contributed by atoms with Gasteiger partial charge >= 0.3 is 0 Å². The van der Waals surface area contributed by atoms with Gasteiger partial charge in [-0.3, -0.25) is 4.79 Å². The van der Waals surface area contributed by atoms with E-state index in [1.807, 2.05) is 0 Å². The van der Waals surface area contributed by atoms with Crippen molar-refractivity contribution >= 4 is 21.8 Å². The molecule has 0 saturated heterocycles. The van der Waals surface area contributed by atoms with Crippen LogP contribution in [-0.4, -0.2) is 16.9 Å². The Morgan fingerprint density at radius 3 is 2.93 bits per heavy atom. The molecule has 1 saturated carbocycles. The predicted molar refractivity (Wildman–Crippen MR) is 58.1 cm³/mol. The predicted octanol–water partition coefficient (Wildman–Crippen LogP) is 2.31. The molecule has 1 aliphatic rings. The molecule has 1 amide bonds. The van der Waals surface area contributed by atoms with Crippen molar-refractivity contribution in [3.05, 3.63) is 22.4 Å². The average molecular weight is 257 g/mol. The highest BCUT2D eigenvalue weighted by Crippen LogP contribution is 2.32. The number of amides is 1. The lowest BCUT2D eigenvalue weighted by atomic mass is 10.2. The summed E-state index contributed by atoms with van der Waals surface area (Å²) in [6.07, 6.45) is 4.25. The minimum atomic E-state index is -0.0184. The lowest BCUT2D eigenvalue weighted by molar-refractivity contribution is 0.0931. The number of nitrogens with one attached hydrogen (secondary N) is 2. The van der Waals surface area contributed by atoms with Crippen LogP contribution < -0.4 is 5.32 Å². The third-order valence-electron chi connectivity index (χ3n) is 2.58. The highest BCUT2D eigenvalue weighted by atomic mass is 79.9. The maximum atomic E-state index is 11.6. The SMILES string of the molecule is CC(NC(=O)c1cc(Br)c[nH]1)C1CC1. The fourth-order valence-electron chi connectivity index (χ4n) is 1.50. The second-order valence-corrected chi connectivity index (χ2v) is 4.75. The molecule has 1 unspecified atom stereocenters. The molecule has 76 valence electrons. The molecule has 0 aromatic carbocycles. The van der Waals surface area contributed by atoms with Crippen molar-refractivity contribution in [3.63, 3.8) is 0 Å². The number of halogens is 1. The van der Waals surface area contributed by atoms with Crippen LogP contribution in [0.2, 0.25) is 0 Å². The average Bonchev–Trinajstić information content (AvgIpc) is 2.89. The Labute approximate surface area is 91.4 Å². The van der Waals surface area contributed by atoms with E-state index >= 15 is 0 Å². The maximum absolute atomic E-state index is 11.6. The van der Waals surface area contributed by atoms with E-state index in [9.17, 15) is 4.79 Å². The Bertz CT molecular complexity index is 344. The molecule has 0 aliphatic heterocycles. The zero-order valence-corrected chi connectivity index (χ0v) is 9.60. The number of aromatic nitrogens is 1. The van der Waals surface area contributed by atoms with E-state index in [0.717, 1.165) is 4.47 Å². The minimum absolute atomic E-state index is 0.0184. The van der Waals surface area contributed by atoms with Crippen LogP contribution in [0.1, 0.15) is 30.3 Å². The molecular formula is C10H13BrN2O. The molecule has 1 heterocycles. The standard InChI is InChI=1S/C10H13BrN2O/c1-6(7-2-3-7)13-10(14)9-4-8(11)5-12-9/h4-7,12H,2-3H2,1H3,(H,13,14). The first kappa shape index (κ1) is 9.77. The number of carbonyl (C=O) groups is 1. The monoisotopic (exact) mass is 256 g/mol. The number of hydrogen-bond acceptors (Lipinski definition) is 1. The first-order valence-corrected chi connectivity index (χ1v) is 5.61. The van der Waals surface area contributed by atoms with Crippen LogP contribution in [0.3, 0.4) is 0 Å². The van der Waals surface area contributed by atoms with Gasteiger partial charge in [-0.05, 0) is 47.7 Å². The zero-order chi connectivity index (χ0) is 10.1. The summed E-state index contributed by atoms with van der Waals surface area (Å²) in [5.74, 6) is 0.674. The van der Waals surface area contributed by atoms with Gasteiger partial charge in [-0.2, -0.15) is 0 Å². The fourth-order valence-corrected chi connectivity index (χ4v) is 1.84. The molecule has 2 N–H and O–H groups in total. The van der Waals surface area contributed by atoms with Gasteiger partial charge in [0.1, 0.15) is 5.69 Å². The topological polar surface area (TPSA) is 44.9 Å². The number of rotatable bonds is 3. The summed E-state index contributed by atoms with van der Waals surface area (Å²) < 4.78 is 0.904. The van der Waals surface area contributed by atoms with Crippen LogP contribution in [0.15, 0.2) is 16.7 Å². The third-order valence-corrected chi connectivity index (χ3v) is 3.04. The molecule has 3 nitrogen and oxygen atoms in total. The Hall–Kier alpha value is -0.770. The van der Waals surface area contributed by atoms with Crippen molar-refractivity contribution in [2.24, 2.45) is 5.92 Å². The largest absolute Gasteiger partial charge is 0.356 e. The van der Waals surface area contributed by atoms with Crippen LogP contribution in [0.5, 0.6) is 0 Å². The van der Waals surface area contributed by atoms with Gasteiger partial charge in [0.05, 0.1) is 0 Å². The van der Waals surface area contributed by atoms with E-state index in [-0.39, 0.29) is 5.91 Å². The van der Waals surface area contributed by atoms with Crippen molar-refractivity contribution in [1.82, 2.24) is 10.3 Å². The van der Waals surface area contributed by atoms with Crippen LogP contribution >= 0.6 is 15.9 Å². The fraction of sp³-hybridized carbons (Fsp3) is 0.500. The summed E-state index contributed by atoms with van der Waals surface area (Å²) in [6.45, 7) is 2.06. The number of aromatic amines is 1. The van der Waals surface area contributed by atoms with Gasteiger partial charge in [0.25, 0.3) is 5.91 Å². The molecule has 1 fully saturated rings. The summed E-state index contributed by atoms with van der Waals surface area (Å²) >= 11 is 3.30. The first-order chi connectivity index (χ1) is 6.66. The highest BCUT2D eigenvalue weighted by Gasteiger charge is 2.29. The smallest absolute Gasteiger partial charge is 0.267 e. The van der Waals surface area contributed by atoms with E-state index in [1.165, 1.54) is 12.8 Å². The van der Waals surface area contributed by atoms with Crippen LogP contribution in [-0.2, 0) is 0 Å². The summed E-state index contributed by atoms with van der Waals surface area (Å²) in [4.78, 5) is 14.5. The normalized spacial score (nSPS) is 17.9. The number of hydrogen-bond donors (Lipinski definition) is 2. The summed E-state index contributed by atoms with van der Waals surface area (Å²) in [5, 5.41) is 2.98. The Kier molecular flexibility index (Phi) is 2.63. The molecule has 1 atom stereocenters. The summed E-state index contributed by atoms with van der Waals surface area (Å²) in [6, 6.07) is 2.08. The van der Waals surface area contributed by atoms with Gasteiger partial charge in [0.15, 0.2) is 0 Å². The Balaban J connectivity index is 1.94. The molecule has 0 spiro atoms. The molecule has 2 rings (SSSR count). The lowest BCUT2D eigenvalue weighted by Crippen LogP contribution is -2.34. The molecule has 4 heteroatoms. The van der Waals surface area contributed by atoms with Crippen LogP contribution in [0, 0.1) is 5.92 Å². The van der Waals surface area contributed by atoms with Gasteiger partial charge in [-0.25, -0.2) is 0 Å². The summed E-state index contributed by atoms with van der Waals surface area (Å²) in [7, 11) is 0. The van der Waals surface area contributed by atoms with E-state index in [1.54, 1.807) is 12.3 Å². The van der Waals surface area contributed by atoms with E-state index in [2.05, 4.69) is 33.2 Å². The third kappa shape index (κ3) is 2.18. The first-order valence-electron chi connectivity index (χ1n) is 4.81. The van der Waals surface area contributed by atoms with Crippen molar-refractivity contribution in [2.45, 2.75) is 25.8 Å². The second-order valence-electron chi connectivity index (χ2n) is 3.83. The van der Waals surface area contributed by atoms with Crippen molar-refractivity contribution in [2.75, 3.05) is 0 Å². The molecule has 1 aliphatic carbocycles. The number of H-pyrrole nitrogens is 1. The maximum Gasteiger partial charge on any atom is 0.267 e. The molecule has 0 bridgehead atoms. The lowest BCUT2D eigenvalue weighted by Gasteiger charge is -2.11. The molecule has 14 heavy (non-hydrogen) atoms. The van der Waals surface area contributed by atoms with Crippen LogP contribution in [0.25, 0.3) is 0 Å². The van der Waals surface area contributed by atoms with E-state index in [4.69, 9.17) is 0 Å². The molecule has 1 aromatic rings. The van der Waals surface area contributed by atoms with E-state index in [0.29, 0.717) is 17.7 Å². The minimum Gasteiger partial charge on any atom is -0.356 e. The van der Waals surface area contributed by atoms with Gasteiger partial charge in [0, 0.05) is 16.7 Å². The van der Waals surface area contributed by atoms with Crippen LogP contribution in [0.4, 0.5) is 0 Å². The van der Waals surface area contributed by atoms with Gasteiger partial charge < -0.3 is 10.3 Å². The number of carbonyl (C=O) groups excluding carboxylic acids is 1.